The largest absolute Gasteiger partial charge is 0.318 e. The van der Waals surface area contributed by atoms with Crippen LogP contribution in [0.4, 0.5) is 5.69 Å². The average molecular weight is 203 g/mol. The molecule has 0 saturated heterocycles. The van der Waals surface area contributed by atoms with E-state index in [1.54, 1.807) is 17.4 Å². The van der Waals surface area contributed by atoms with Crippen molar-refractivity contribution in [3.8, 4) is 0 Å². The Bertz CT molecular complexity index is 571. The number of carbonyl (C=O) groups is 2. The molecule has 1 N–H and O–H groups in total. The fourth-order valence-corrected chi connectivity index (χ4v) is 2.48. The molecule has 68 valence electrons. The van der Waals surface area contributed by atoms with Gasteiger partial charge in [0, 0.05) is 10.1 Å². The first kappa shape index (κ1) is 7.70. The van der Waals surface area contributed by atoms with Crippen LogP contribution in [0.15, 0.2) is 23.6 Å². The number of hydrogen-bond donors (Lipinski definition) is 1. The number of benzene rings is 1. The first-order valence-electron chi connectivity index (χ1n) is 4.13. The number of fused-ring (bicyclic) bond motifs is 3. The van der Waals surface area contributed by atoms with Crippen molar-refractivity contribution in [1.29, 1.82) is 0 Å². The van der Waals surface area contributed by atoms with Crippen molar-refractivity contribution in [2.24, 2.45) is 0 Å². The lowest BCUT2D eigenvalue weighted by molar-refractivity contribution is -0.112. The maximum absolute atomic E-state index is 11.5. The molecule has 1 aromatic carbocycles. The molecule has 0 spiro atoms. The molecule has 14 heavy (non-hydrogen) atoms. The van der Waals surface area contributed by atoms with Crippen LogP contribution in [0.3, 0.4) is 0 Å². The maximum atomic E-state index is 11.5. The minimum Gasteiger partial charge on any atom is -0.318 e. The van der Waals surface area contributed by atoms with Crippen molar-refractivity contribution in [3.05, 3.63) is 29.1 Å². The van der Waals surface area contributed by atoms with Gasteiger partial charge in [-0.2, -0.15) is 0 Å². The number of nitrogens with one attached hydrogen (secondary N) is 1. The highest BCUT2D eigenvalue weighted by atomic mass is 32.1. The molecule has 1 amide bonds. The predicted molar refractivity (Wildman–Crippen MR) is 54.8 cm³/mol. The second-order valence-electron chi connectivity index (χ2n) is 3.10. The van der Waals surface area contributed by atoms with E-state index < -0.39 is 11.7 Å². The van der Waals surface area contributed by atoms with Crippen molar-refractivity contribution in [2.45, 2.75) is 0 Å². The van der Waals surface area contributed by atoms with Crippen LogP contribution >= 0.6 is 11.3 Å². The maximum Gasteiger partial charge on any atom is 0.296 e. The molecule has 1 aliphatic rings. The van der Waals surface area contributed by atoms with Gasteiger partial charge in [0.15, 0.2) is 0 Å². The zero-order valence-corrected chi connectivity index (χ0v) is 7.85. The zero-order valence-electron chi connectivity index (χ0n) is 7.03. The number of thiophene rings is 1. The van der Waals surface area contributed by atoms with Gasteiger partial charge in [-0.25, -0.2) is 0 Å². The number of rotatable bonds is 0. The first-order valence-corrected chi connectivity index (χ1v) is 5.01. The lowest BCUT2D eigenvalue weighted by atomic mass is 10.1. The Kier molecular flexibility index (Phi) is 1.33. The fraction of sp³-hybridized carbons (Fsp3) is 0. The molecule has 0 aliphatic carbocycles. The zero-order chi connectivity index (χ0) is 9.71. The Hall–Kier alpha value is -1.68. The number of ketones is 1. The Morgan fingerprint density at radius 2 is 2.00 bits per heavy atom. The van der Waals surface area contributed by atoms with Gasteiger partial charge in [-0.3, -0.25) is 9.59 Å². The van der Waals surface area contributed by atoms with Crippen molar-refractivity contribution in [2.75, 3.05) is 5.32 Å². The Balaban J connectivity index is 2.46. The molecular weight excluding hydrogens is 198 g/mol. The second kappa shape index (κ2) is 2.42. The van der Waals surface area contributed by atoms with Gasteiger partial charge in [0.05, 0.1) is 11.3 Å². The summed E-state index contributed by atoms with van der Waals surface area (Å²) >= 11 is 1.57. The normalized spacial score (nSPS) is 14.6. The summed E-state index contributed by atoms with van der Waals surface area (Å²) in [6.07, 6.45) is 0. The van der Waals surface area contributed by atoms with Crippen molar-refractivity contribution in [3.63, 3.8) is 0 Å². The van der Waals surface area contributed by atoms with Crippen LogP contribution in [0.2, 0.25) is 0 Å². The lowest BCUT2D eigenvalue weighted by Crippen LogP contribution is -2.12. The van der Waals surface area contributed by atoms with Crippen molar-refractivity contribution in [1.82, 2.24) is 0 Å². The molecule has 0 radical (unpaired) electrons. The molecule has 2 aromatic rings. The molecule has 1 aromatic heterocycles. The highest BCUT2D eigenvalue weighted by Crippen LogP contribution is 2.33. The van der Waals surface area contributed by atoms with Gasteiger partial charge in [0.2, 0.25) is 0 Å². The summed E-state index contributed by atoms with van der Waals surface area (Å²) in [5.74, 6) is -0.956. The number of hydrogen-bond acceptors (Lipinski definition) is 3. The smallest absolute Gasteiger partial charge is 0.296 e. The Labute approximate surface area is 83.4 Å². The number of amides is 1. The predicted octanol–water partition coefficient (Wildman–Crippen LogP) is 2.04. The van der Waals surface area contributed by atoms with Gasteiger partial charge in [-0.15, -0.1) is 11.3 Å². The number of Topliss-reactive ketones (excluding diaryl/α,β-unsaturated/α-hetero) is 1. The molecule has 0 saturated carbocycles. The molecule has 0 fully saturated rings. The minimum atomic E-state index is -0.529. The van der Waals surface area contributed by atoms with E-state index in [-0.39, 0.29) is 0 Å². The third kappa shape index (κ3) is 0.807. The molecule has 3 rings (SSSR count). The first-order chi connectivity index (χ1) is 6.77. The SMILES string of the molecule is O=C1Nc2ccc3sccc3c2C1=O. The third-order valence-electron chi connectivity index (χ3n) is 2.32. The summed E-state index contributed by atoms with van der Waals surface area (Å²) in [5, 5.41) is 5.33. The molecule has 0 unspecified atom stereocenters. The van der Waals surface area contributed by atoms with E-state index in [1.807, 2.05) is 17.5 Å². The molecule has 1 aliphatic heterocycles. The van der Waals surface area contributed by atoms with Gasteiger partial charge in [-0.1, -0.05) is 0 Å². The fourth-order valence-electron chi connectivity index (χ4n) is 1.69. The molecular formula is C10H5NO2S. The summed E-state index contributed by atoms with van der Waals surface area (Å²) in [7, 11) is 0. The lowest BCUT2D eigenvalue weighted by Gasteiger charge is -1.96. The molecule has 0 bridgehead atoms. The quantitative estimate of drug-likeness (QED) is 0.666. The van der Waals surface area contributed by atoms with E-state index in [0.717, 1.165) is 10.1 Å². The number of carbonyl (C=O) groups excluding carboxylic acids is 2. The highest BCUT2D eigenvalue weighted by molar-refractivity contribution is 7.17. The third-order valence-corrected chi connectivity index (χ3v) is 3.20. The van der Waals surface area contributed by atoms with Crippen LogP contribution in [0.1, 0.15) is 10.4 Å². The summed E-state index contributed by atoms with van der Waals surface area (Å²) in [5.41, 5.74) is 1.15. The van der Waals surface area contributed by atoms with Gasteiger partial charge in [0.25, 0.3) is 11.7 Å². The standard InChI is InChI=1S/C10H5NO2S/c12-9-8-5-3-4-14-7(5)2-1-6(8)11-10(9)13/h1-4H,(H,11,12,13). The average Bonchev–Trinajstić information content (AvgIpc) is 2.72. The minimum absolute atomic E-state index is 0.427. The van der Waals surface area contributed by atoms with Crippen LogP contribution in [0.25, 0.3) is 10.1 Å². The summed E-state index contributed by atoms with van der Waals surface area (Å²) in [4.78, 5) is 22.6. The van der Waals surface area contributed by atoms with Gasteiger partial charge in [-0.05, 0) is 23.6 Å². The van der Waals surface area contributed by atoms with Crippen LogP contribution < -0.4 is 5.32 Å². The van der Waals surface area contributed by atoms with Crippen LogP contribution in [0.5, 0.6) is 0 Å². The van der Waals surface area contributed by atoms with Gasteiger partial charge in [0.1, 0.15) is 0 Å². The molecule has 0 atom stereocenters. The van der Waals surface area contributed by atoms with E-state index in [1.165, 1.54) is 0 Å². The monoisotopic (exact) mass is 203 g/mol. The van der Waals surface area contributed by atoms with Crippen molar-refractivity contribution >= 4 is 38.8 Å². The van der Waals surface area contributed by atoms with Gasteiger partial charge < -0.3 is 5.32 Å². The Morgan fingerprint density at radius 3 is 2.86 bits per heavy atom. The van der Waals surface area contributed by atoms with Crippen LogP contribution in [-0.2, 0) is 4.79 Å². The summed E-state index contributed by atoms with van der Waals surface area (Å²) in [6, 6.07) is 5.56. The van der Waals surface area contributed by atoms with E-state index in [9.17, 15) is 9.59 Å². The summed E-state index contributed by atoms with van der Waals surface area (Å²) in [6.45, 7) is 0. The van der Waals surface area contributed by atoms with E-state index in [2.05, 4.69) is 5.32 Å². The second-order valence-corrected chi connectivity index (χ2v) is 4.05. The number of anilines is 1. The van der Waals surface area contributed by atoms with Crippen LogP contribution in [0, 0.1) is 0 Å². The van der Waals surface area contributed by atoms with Crippen LogP contribution in [-0.4, -0.2) is 11.7 Å². The molecule has 2 heterocycles. The topological polar surface area (TPSA) is 46.2 Å². The van der Waals surface area contributed by atoms with E-state index in [4.69, 9.17) is 0 Å². The van der Waals surface area contributed by atoms with E-state index >= 15 is 0 Å². The molecule has 4 heteroatoms. The van der Waals surface area contributed by atoms with E-state index in [0.29, 0.717) is 11.3 Å². The van der Waals surface area contributed by atoms with Crippen molar-refractivity contribution < 1.29 is 9.59 Å². The van der Waals surface area contributed by atoms with Gasteiger partial charge >= 0.3 is 0 Å². The molecule has 3 nitrogen and oxygen atoms in total. The highest BCUT2D eigenvalue weighted by Gasteiger charge is 2.29. The summed E-state index contributed by atoms with van der Waals surface area (Å²) < 4.78 is 1.04. The Morgan fingerprint density at radius 1 is 1.14 bits per heavy atom.